The zero-order chi connectivity index (χ0) is 24.7. The Morgan fingerprint density at radius 3 is 2.65 bits per heavy atom. The van der Waals surface area contributed by atoms with Crippen LogP contribution in [-0.4, -0.2) is 62.7 Å². The third kappa shape index (κ3) is 4.48. The molecule has 2 saturated heterocycles. The van der Waals surface area contributed by atoms with Crippen molar-refractivity contribution in [3.05, 3.63) is 36.0 Å². The van der Waals surface area contributed by atoms with Crippen LogP contribution in [0, 0.1) is 5.92 Å². The molecule has 2 N–H and O–H groups in total. The summed E-state index contributed by atoms with van der Waals surface area (Å²) in [4.78, 5) is 25.3. The number of hydrogen-bond donors (Lipinski definition) is 1. The first-order valence-electron chi connectivity index (χ1n) is 11.6. The van der Waals surface area contributed by atoms with Gasteiger partial charge in [0.2, 0.25) is 9.84 Å². The van der Waals surface area contributed by atoms with Crippen LogP contribution in [0.1, 0.15) is 50.4 Å². The highest BCUT2D eigenvalue weighted by Crippen LogP contribution is 2.39. The molecule has 4 rings (SSSR count). The number of hydrogen-bond acceptors (Lipinski definition) is 8. The van der Waals surface area contributed by atoms with Gasteiger partial charge in [-0.2, -0.15) is 0 Å². The molecule has 2 aromatic rings. The van der Waals surface area contributed by atoms with Gasteiger partial charge in [-0.15, -0.1) is 0 Å². The van der Waals surface area contributed by atoms with E-state index in [0.29, 0.717) is 30.6 Å². The Morgan fingerprint density at radius 2 is 2.00 bits per heavy atom. The summed E-state index contributed by atoms with van der Waals surface area (Å²) in [6.45, 7) is 8.30. The SMILES string of the molecule is COC1CCCN(c2cccc(S(=O)(=O)c3ccnc(N4CC(C)CC4(C)C)c3C(N)=O)n2)C1. The van der Waals surface area contributed by atoms with Crippen LogP contribution < -0.4 is 15.5 Å². The highest BCUT2D eigenvalue weighted by molar-refractivity contribution is 7.91. The summed E-state index contributed by atoms with van der Waals surface area (Å²) < 4.78 is 33.0. The third-order valence-corrected chi connectivity index (χ3v) is 8.47. The molecular weight excluding hydrogens is 454 g/mol. The monoisotopic (exact) mass is 487 g/mol. The lowest BCUT2D eigenvalue weighted by Gasteiger charge is -2.34. The van der Waals surface area contributed by atoms with Gasteiger partial charge in [-0.05, 0) is 57.2 Å². The summed E-state index contributed by atoms with van der Waals surface area (Å²) >= 11 is 0. The second-order valence-electron chi connectivity index (χ2n) is 9.89. The molecule has 34 heavy (non-hydrogen) atoms. The van der Waals surface area contributed by atoms with Gasteiger partial charge in [0.05, 0.1) is 11.0 Å². The largest absolute Gasteiger partial charge is 0.380 e. The molecule has 0 radical (unpaired) electrons. The van der Waals surface area contributed by atoms with Gasteiger partial charge in [0.25, 0.3) is 5.91 Å². The Bertz CT molecular complexity index is 1180. The standard InChI is InChI=1S/C24H33N5O4S/c1-16-13-24(2,3)29(14-16)23-21(22(25)30)18(10-11-26-23)34(31,32)20-9-5-8-19(27-20)28-12-6-7-17(15-28)33-4/h5,8-11,16-17H,6-7,12-15H2,1-4H3,(H2,25,30). The van der Waals surface area contributed by atoms with Gasteiger partial charge in [-0.3, -0.25) is 4.79 Å². The summed E-state index contributed by atoms with van der Waals surface area (Å²) in [6, 6.07) is 6.24. The maximum absolute atomic E-state index is 13.7. The first-order chi connectivity index (χ1) is 16.0. The second kappa shape index (κ2) is 9.14. The van der Waals surface area contributed by atoms with E-state index in [1.165, 1.54) is 18.3 Å². The van der Waals surface area contributed by atoms with Gasteiger partial charge in [-0.25, -0.2) is 18.4 Å². The summed E-state index contributed by atoms with van der Waals surface area (Å²) in [5.74, 6) is 0.411. The molecule has 4 heterocycles. The lowest BCUT2D eigenvalue weighted by molar-refractivity contribution is 0.0891. The molecular formula is C24H33N5O4S. The van der Waals surface area contributed by atoms with E-state index in [1.807, 2.05) is 9.80 Å². The Hall–Kier alpha value is -2.72. The van der Waals surface area contributed by atoms with Gasteiger partial charge in [-0.1, -0.05) is 13.0 Å². The molecule has 2 aliphatic rings. The quantitative estimate of drug-likeness (QED) is 0.661. The van der Waals surface area contributed by atoms with Gasteiger partial charge in [0, 0.05) is 38.5 Å². The number of amides is 1. The molecule has 0 aliphatic carbocycles. The number of piperidine rings is 1. The lowest BCUT2D eigenvalue weighted by atomic mass is 9.97. The molecule has 2 unspecified atom stereocenters. The molecule has 9 nitrogen and oxygen atoms in total. The lowest BCUT2D eigenvalue weighted by Crippen LogP contribution is -2.40. The minimum Gasteiger partial charge on any atom is -0.380 e. The van der Waals surface area contributed by atoms with E-state index in [2.05, 4.69) is 30.7 Å². The van der Waals surface area contributed by atoms with Gasteiger partial charge < -0.3 is 20.3 Å². The number of ether oxygens (including phenoxy) is 1. The van der Waals surface area contributed by atoms with E-state index in [0.717, 1.165) is 25.8 Å². The number of aromatic nitrogens is 2. The van der Waals surface area contributed by atoms with Crippen molar-refractivity contribution in [3.8, 4) is 0 Å². The predicted octanol–water partition coefficient (Wildman–Crippen LogP) is 2.65. The van der Waals surface area contributed by atoms with Gasteiger partial charge in [0.1, 0.15) is 17.2 Å². The fraction of sp³-hybridized carbons (Fsp3) is 0.542. The average Bonchev–Trinajstić information content (AvgIpc) is 3.10. The van der Waals surface area contributed by atoms with Gasteiger partial charge >= 0.3 is 0 Å². The van der Waals surface area contributed by atoms with Crippen molar-refractivity contribution < 1.29 is 17.9 Å². The molecule has 0 spiro atoms. The van der Waals surface area contributed by atoms with Crippen molar-refractivity contribution >= 4 is 27.4 Å². The number of rotatable bonds is 6. The van der Waals surface area contributed by atoms with E-state index in [9.17, 15) is 13.2 Å². The van der Waals surface area contributed by atoms with Crippen LogP contribution in [0.4, 0.5) is 11.6 Å². The maximum atomic E-state index is 13.7. The van der Waals surface area contributed by atoms with E-state index < -0.39 is 15.7 Å². The topological polar surface area (TPSA) is 119 Å². The maximum Gasteiger partial charge on any atom is 0.253 e. The molecule has 0 saturated carbocycles. The molecule has 0 bridgehead atoms. The van der Waals surface area contributed by atoms with E-state index in [4.69, 9.17) is 10.5 Å². The number of anilines is 2. The minimum absolute atomic E-state index is 0.0752. The van der Waals surface area contributed by atoms with Crippen LogP contribution in [0.15, 0.2) is 40.4 Å². The second-order valence-corrected chi connectivity index (χ2v) is 11.8. The summed E-state index contributed by atoms with van der Waals surface area (Å²) in [6.07, 6.45) is 4.28. The number of primary amides is 1. The number of nitrogens with two attached hydrogens (primary N) is 1. The van der Waals surface area contributed by atoms with Crippen molar-refractivity contribution in [2.45, 2.75) is 61.6 Å². The number of carbonyl (C=O) groups is 1. The zero-order valence-electron chi connectivity index (χ0n) is 20.2. The smallest absolute Gasteiger partial charge is 0.253 e. The van der Waals surface area contributed by atoms with Crippen LogP contribution in [-0.2, 0) is 14.6 Å². The van der Waals surface area contributed by atoms with Crippen LogP contribution in [0.25, 0.3) is 0 Å². The molecule has 2 aliphatic heterocycles. The average molecular weight is 488 g/mol. The third-order valence-electron chi connectivity index (χ3n) is 6.78. The highest BCUT2D eigenvalue weighted by atomic mass is 32.2. The van der Waals surface area contributed by atoms with E-state index in [1.54, 1.807) is 19.2 Å². The Labute approximate surface area is 201 Å². The van der Waals surface area contributed by atoms with Crippen molar-refractivity contribution in [2.24, 2.45) is 11.7 Å². The summed E-state index contributed by atoms with van der Waals surface area (Å²) in [5.41, 5.74) is 5.37. The molecule has 10 heteroatoms. The zero-order valence-corrected chi connectivity index (χ0v) is 21.0. The number of methoxy groups -OCH3 is 1. The van der Waals surface area contributed by atoms with Crippen molar-refractivity contribution in [2.75, 3.05) is 36.5 Å². The Balaban J connectivity index is 1.77. The number of nitrogens with zero attached hydrogens (tertiary/aromatic N) is 4. The molecule has 2 aromatic heterocycles. The number of pyridine rings is 2. The molecule has 0 aromatic carbocycles. The van der Waals surface area contributed by atoms with Crippen LogP contribution in [0.5, 0.6) is 0 Å². The Morgan fingerprint density at radius 1 is 1.24 bits per heavy atom. The van der Waals surface area contributed by atoms with Crippen LogP contribution in [0.2, 0.25) is 0 Å². The fourth-order valence-electron chi connectivity index (χ4n) is 5.23. The van der Waals surface area contributed by atoms with Crippen molar-refractivity contribution in [1.29, 1.82) is 0 Å². The molecule has 2 atom stereocenters. The predicted molar refractivity (Wildman–Crippen MR) is 130 cm³/mol. The Kier molecular flexibility index (Phi) is 6.56. The minimum atomic E-state index is -4.13. The molecule has 184 valence electrons. The van der Waals surface area contributed by atoms with E-state index >= 15 is 0 Å². The van der Waals surface area contributed by atoms with Gasteiger partial charge in [0.15, 0.2) is 5.03 Å². The highest BCUT2D eigenvalue weighted by Gasteiger charge is 2.40. The number of sulfone groups is 1. The molecule has 1 amide bonds. The first-order valence-corrected chi connectivity index (χ1v) is 13.1. The van der Waals surface area contributed by atoms with Crippen LogP contribution in [0.3, 0.4) is 0 Å². The number of carbonyl (C=O) groups excluding carboxylic acids is 1. The first kappa shape index (κ1) is 24.4. The summed E-state index contributed by atoms with van der Waals surface area (Å²) in [5, 5.41) is -0.127. The summed E-state index contributed by atoms with van der Waals surface area (Å²) in [7, 11) is -2.46. The van der Waals surface area contributed by atoms with E-state index in [-0.39, 0.29) is 27.1 Å². The van der Waals surface area contributed by atoms with Crippen molar-refractivity contribution in [3.63, 3.8) is 0 Å². The normalized spacial score (nSPS) is 22.7. The van der Waals surface area contributed by atoms with Crippen LogP contribution >= 0.6 is 0 Å². The molecule has 2 fully saturated rings. The van der Waals surface area contributed by atoms with Crippen molar-refractivity contribution in [1.82, 2.24) is 9.97 Å². The fourth-order valence-corrected chi connectivity index (χ4v) is 6.63.